The molecule has 7 nitrogen and oxygen atoms in total. The van der Waals surface area contributed by atoms with Crippen molar-refractivity contribution in [1.82, 2.24) is 5.32 Å². The van der Waals surface area contributed by atoms with Crippen LogP contribution in [0.25, 0.3) is 0 Å². The molecule has 0 aliphatic heterocycles. The molecule has 0 bridgehead atoms. The van der Waals surface area contributed by atoms with Crippen LogP contribution in [0.4, 0.5) is 0 Å². The number of allylic oxidation sites excluding steroid dienone is 1. The van der Waals surface area contributed by atoms with Gasteiger partial charge in [-0.15, -0.1) is 0 Å². The number of hydrogen-bond donors (Lipinski definition) is 3. The zero-order valence-corrected chi connectivity index (χ0v) is 34.4. The van der Waals surface area contributed by atoms with Crippen LogP contribution in [0, 0.1) is 0 Å². The van der Waals surface area contributed by atoms with Crippen LogP contribution in [0.1, 0.15) is 239 Å². The van der Waals surface area contributed by atoms with Gasteiger partial charge in [-0.25, -0.2) is 4.79 Å². The topological polar surface area (TPSA) is 119 Å². The summed E-state index contributed by atoms with van der Waals surface area (Å²) < 4.78 is 5.89. The Morgan fingerprint density at radius 3 is 1.44 bits per heavy atom. The van der Waals surface area contributed by atoms with Gasteiger partial charge in [-0.05, 0) is 64.0 Å². The average Bonchev–Trinajstić information content (AvgIpc) is 3.13. The van der Waals surface area contributed by atoms with Gasteiger partial charge in [-0.3, -0.25) is 9.59 Å². The highest BCUT2D eigenvalue weighted by molar-refractivity contribution is 5.83. The van der Waals surface area contributed by atoms with Gasteiger partial charge < -0.3 is 20.9 Å². The number of aliphatic carboxylic acids is 1. The first-order valence-electron chi connectivity index (χ1n) is 22.5. The number of carbonyl (C=O) groups is 3. The molecule has 306 valence electrons. The average molecular weight is 735 g/mol. The Kier molecular flexibility index (Phi) is 38.8. The fourth-order valence-electron chi connectivity index (χ4n) is 6.89. The molecule has 0 spiro atoms. The second kappa shape index (κ2) is 40.3. The Morgan fingerprint density at radius 1 is 0.558 bits per heavy atom. The third kappa shape index (κ3) is 36.5. The first-order chi connectivity index (χ1) is 25.4. The number of carboxylic acids is 1. The Labute approximate surface area is 321 Å². The van der Waals surface area contributed by atoms with E-state index < -0.39 is 12.0 Å². The van der Waals surface area contributed by atoms with Crippen molar-refractivity contribution in [3.63, 3.8) is 0 Å². The molecular formula is C45H86N2O5. The summed E-state index contributed by atoms with van der Waals surface area (Å²) in [6.45, 7) is 4.90. The number of esters is 1. The van der Waals surface area contributed by atoms with Crippen LogP contribution in [0.2, 0.25) is 0 Å². The van der Waals surface area contributed by atoms with E-state index >= 15 is 0 Å². The summed E-state index contributed by atoms with van der Waals surface area (Å²) in [5.41, 5.74) is 5.47. The lowest BCUT2D eigenvalue weighted by Gasteiger charge is -2.15. The summed E-state index contributed by atoms with van der Waals surface area (Å²) in [6, 6.07) is -0.867. The molecule has 2 unspecified atom stereocenters. The van der Waals surface area contributed by atoms with E-state index in [1.807, 2.05) is 0 Å². The molecule has 0 aliphatic rings. The Morgan fingerprint density at radius 2 is 0.981 bits per heavy atom. The number of ether oxygens (including phenoxy) is 1. The third-order valence-electron chi connectivity index (χ3n) is 10.3. The summed E-state index contributed by atoms with van der Waals surface area (Å²) >= 11 is 0. The van der Waals surface area contributed by atoms with E-state index in [1.54, 1.807) is 0 Å². The van der Waals surface area contributed by atoms with Gasteiger partial charge in [0.05, 0.1) is 0 Å². The lowest BCUT2D eigenvalue weighted by molar-refractivity contribution is -0.147. The first-order valence-corrected chi connectivity index (χ1v) is 22.5. The van der Waals surface area contributed by atoms with Crippen molar-refractivity contribution in [3.8, 4) is 0 Å². The monoisotopic (exact) mass is 735 g/mol. The van der Waals surface area contributed by atoms with Gasteiger partial charge in [-0.2, -0.15) is 0 Å². The van der Waals surface area contributed by atoms with Crippen molar-refractivity contribution in [2.45, 2.75) is 251 Å². The van der Waals surface area contributed by atoms with Crippen molar-refractivity contribution in [3.05, 3.63) is 12.2 Å². The van der Waals surface area contributed by atoms with Crippen molar-refractivity contribution < 1.29 is 24.2 Å². The second-order valence-corrected chi connectivity index (χ2v) is 15.5. The standard InChI is InChI=1S/C45H86N2O5/c1-3-5-7-9-10-11-12-13-14-15-16-17-18-19-20-21-22-23-24-25-27-33-39-44(49)52-41(35-30-26-8-6-4-2)36-31-28-29-32-38-43(48)47-42(45(50)51)37-34-40-46/h30,35,41-42H,3-29,31-34,36-40,46H2,1-2H3,(H,47,48)(H,50,51)/b35-30-. The van der Waals surface area contributed by atoms with Crippen molar-refractivity contribution in [2.75, 3.05) is 6.54 Å². The molecule has 1 amide bonds. The fourth-order valence-corrected chi connectivity index (χ4v) is 6.89. The van der Waals surface area contributed by atoms with Crippen LogP contribution >= 0.6 is 0 Å². The van der Waals surface area contributed by atoms with Crippen molar-refractivity contribution in [1.29, 1.82) is 0 Å². The molecule has 0 aromatic carbocycles. The molecule has 4 N–H and O–H groups in total. The minimum absolute atomic E-state index is 0.0873. The minimum Gasteiger partial charge on any atom is -0.480 e. The molecule has 0 aliphatic carbocycles. The van der Waals surface area contributed by atoms with E-state index in [1.165, 1.54) is 141 Å². The predicted molar refractivity (Wildman–Crippen MR) is 221 cm³/mol. The molecule has 0 rings (SSSR count). The molecule has 0 radical (unpaired) electrons. The van der Waals surface area contributed by atoms with Crippen molar-refractivity contribution in [2.24, 2.45) is 5.73 Å². The number of nitrogens with one attached hydrogen (secondary N) is 1. The number of hydrogen-bond acceptors (Lipinski definition) is 5. The number of unbranched alkanes of at least 4 members (excludes halogenated alkanes) is 27. The Balaban J connectivity index is 3.91. The molecule has 0 aromatic heterocycles. The maximum atomic E-state index is 12.7. The lowest BCUT2D eigenvalue weighted by Crippen LogP contribution is -2.40. The Bertz CT molecular complexity index is 833. The van der Waals surface area contributed by atoms with Gasteiger partial charge in [0, 0.05) is 12.8 Å². The van der Waals surface area contributed by atoms with E-state index in [0.29, 0.717) is 38.6 Å². The highest BCUT2D eigenvalue weighted by atomic mass is 16.5. The molecule has 0 saturated heterocycles. The maximum absolute atomic E-state index is 12.7. The van der Waals surface area contributed by atoms with Crippen LogP contribution in [0.15, 0.2) is 12.2 Å². The summed E-state index contributed by atoms with van der Waals surface area (Å²) in [7, 11) is 0. The number of nitrogens with two attached hydrogens (primary N) is 1. The highest BCUT2D eigenvalue weighted by Crippen LogP contribution is 2.17. The molecule has 2 atom stereocenters. The highest BCUT2D eigenvalue weighted by Gasteiger charge is 2.19. The molecule has 0 aromatic rings. The fraction of sp³-hybridized carbons (Fsp3) is 0.889. The van der Waals surface area contributed by atoms with Gasteiger partial charge in [-0.1, -0.05) is 180 Å². The molecule has 0 heterocycles. The van der Waals surface area contributed by atoms with Gasteiger partial charge in [0.1, 0.15) is 12.1 Å². The first kappa shape index (κ1) is 50.1. The zero-order chi connectivity index (χ0) is 38.2. The summed E-state index contributed by atoms with van der Waals surface area (Å²) in [5, 5.41) is 11.9. The largest absolute Gasteiger partial charge is 0.480 e. The molecule has 0 saturated carbocycles. The van der Waals surface area contributed by atoms with Gasteiger partial charge in [0.25, 0.3) is 0 Å². The quantitative estimate of drug-likeness (QED) is 0.0327. The van der Waals surface area contributed by atoms with Gasteiger partial charge in [0.15, 0.2) is 0 Å². The molecule has 0 fully saturated rings. The van der Waals surface area contributed by atoms with Gasteiger partial charge in [0.2, 0.25) is 5.91 Å². The van der Waals surface area contributed by atoms with Crippen LogP contribution in [0.3, 0.4) is 0 Å². The lowest BCUT2D eigenvalue weighted by atomic mass is 10.0. The minimum atomic E-state index is -1.01. The maximum Gasteiger partial charge on any atom is 0.326 e. The van der Waals surface area contributed by atoms with Crippen LogP contribution in [-0.4, -0.2) is 41.6 Å². The number of amides is 1. The Hall–Kier alpha value is -1.89. The second-order valence-electron chi connectivity index (χ2n) is 15.5. The molecular weight excluding hydrogens is 649 g/mol. The van der Waals surface area contributed by atoms with Crippen molar-refractivity contribution >= 4 is 17.8 Å². The van der Waals surface area contributed by atoms with Gasteiger partial charge >= 0.3 is 11.9 Å². The van der Waals surface area contributed by atoms with E-state index in [4.69, 9.17) is 10.5 Å². The normalized spacial score (nSPS) is 12.7. The summed E-state index contributed by atoms with van der Waals surface area (Å²) in [4.78, 5) is 36.2. The van der Waals surface area contributed by atoms with Crippen LogP contribution in [-0.2, 0) is 19.1 Å². The predicted octanol–water partition coefficient (Wildman–Crippen LogP) is 12.7. The number of carbonyl (C=O) groups excluding carboxylic acids is 2. The zero-order valence-electron chi connectivity index (χ0n) is 34.4. The third-order valence-corrected chi connectivity index (χ3v) is 10.3. The smallest absolute Gasteiger partial charge is 0.326 e. The van der Waals surface area contributed by atoms with E-state index in [9.17, 15) is 19.5 Å². The van der Waals surface area contributed by atoms with Crippen LogP contribution < -0.4 is 11.1 Å². The number of rotatable bonds is 41. The number of carboxylic acid groups (broad SMARTS) is 1. The van der Waals surface area contributed by atoms with E-state index in [-0.39, 0.29) is 18.0 Å². The SMILES string of the molecule is CCCCC/C=C\C(CCCCCCC(=O)NC(CCCN)C(=O)O)OC(=O)CCCCCCCCCCCCCCCCCCCCCCCC. The molecule has 7 heteroatoms. The van der Waals surface area contributed by atoms with E-state index in [2.05, 4.69) is 31.3 Å². The van der Waals surface area contributed by atoms with E-state index in [0.717, 1.165) is 51.4 Å². The molecule has 52 heavy (non-hydrogen) atoms. The van der Waals surface area contributed by atoms with Crippen LogP contribution in [0.5, 0.6) is 0 Å². The summed E-state index contributed by atoms with van der Waals surface area (Å²) in [5.74, 6) is -1.32. The summed E-state index contributed by atoms with van der Waals surface area (Å²) in [6.07, 6.45) is 44.5.